The largest absolute Gasteiger partial charge is 0.334 e. The van der Waals surface area contributed by atoms with Crippen LogP contribution in [0, 0.1) is 15.9 Å². The van der Waals surface area contributed by atoms with Gasteiger partial charge in [0.2, 0.25) is 0 Å². The standard InChI is InChI=1S/C14H18ClFN2O3/c1-3-10(4-2)17(8-7-15)14(19)12-6-5-11(18(20)21)9-13(12)16/h5-6,9-10H,3-4,7-8H2,1-2H3. The molecule has 0 N–H and O–H groups in total. The van der Waals surface area contributed by atoms with E-state index in [0.29, 0.717) is 6.54 Å². The van der Waals surface area contributed by atoms with Crippen LogP contribution >= 0.6 is 11.6 Å². The predicted octanol–water partition coefficient (Wildman–Crippen LogP) is 3.60. The Morgan fingerprint density at radius 2 is 2.05 bits per heavy atom. The van der Waals surface area contributed by atoms with Gasteiger partial charge < -0.3 is 4.90 Å². The first-order valence-electron chi connectivity index (χ1n) is 6.77. The van der Waals surface area contributed by atoms with Gasteiger partial charge in [-0.2, -0.15) is 0 Å². The topological polar surface area (TPSA) is 63.5 Å². The van der Waals surface area contributed by atoms with Gasteiger partial charge in [0.1, 0.15) is 5.82 Å². The minimum Gasteiger partial charge on any atom is -0.334 e. The van der Waals surface area contributed by atoms with Crippen molar-refractivity contribution in [3.8, 4) is 0 Å². The second-order valence-electron chi connectivity index (χ2n) is 4.58. The van der Waals surface area contributed by atoms with Crippen molar-refractivity contribution in [1.82, 2.24) is 4.90 Å². The molecule has 0 aliphatic heterocycles. The van der Waals surface area contributed by atoms with Crippen molar-refractivity contribution < 1.29 is 14.1 Å². The summed E-state index contributed by atoms with van der Waals surface area (Å²) in [5.41, 5.74) is -0.548. The Bertz CT molecular complexity index is 521. The number of nitro benzene ring substituents is 1. The van der Waals surface area contributed by atoms with E-state index in [-0.39, 0.29) is 23.2 Å². The molecule has 0 fully saturated rings. The zero-order chi connectivity index (χ0) is 16.0. The van der Waals surface area contributed by atoms with Gasteiger partial charge in [0.05, 0.1) is 16.6 Å². The number of non-ortho nitro benzene ring substituents is 1. The fourth-order valence-corrected chi connectivity index (χ4v) is 2.40. The predicted molar refractivity (Wildman–Crippen MR) is 79.2 cm³/mol. The maximum atomic E-state index is 13.9. The van der Waals surface area contributed by atoms with Crippen molar-refractivity contribution in [3.63, 3.8) is 0 Å². The average Bonchev–Trinajstić information content (AvgIpc) is 2.46. The maximum absolute atomic E-state index is 13.9. The van der Waals surface area contributed by atoms with Crippen molar-refractivity contribution in [1.29, 1.82) is 0 Å². The Morgan fingerprint density at radius 1 is 1.43 bits per heavy atom. The smallest absolute Gasteiger partial charge is 0.272 e. The molecule has 1 amide bonds. The SMILES string of the molecule is CCC(CC)N(CCCl)C(=O)c1ccc([N+](=O)[O-])cc1F. The Balaban J connectivity index is 3.11. The normalized spacial score (nSPS) is 10.7. The molecular weight excluding hydrogens is 299 g/mol. The van der Waals surface area contributed by atoms with Crippen LogP contribution in [0.25, 0.3) is 0 Å². The Labute approximate surface area is 127 Å². The summed E-state index contributed by atoms with van der Waals surface area (Å²) < 4.78 is 13.9. The molecule has 0 aromatic heterocycles. The van der Waals surface area contributed by atoms with Crippen LogP contribution in [0.1, 0.15) is 37.0 Å². The van der Waals surface area contributed by atoms with Gasteiger partial charge in [-0.05, 0) is 18.9 Å². The highest BCUT2D eigenvalue weighted by molar-refractivity contribution is 6.18. The molecule has 0 atom stereocenters. The van der Waals surface area contributed by atoms with Crippen LogP contribution in [0.5, 0.6) is 0 Å². The van der Waals surface area contributed by atoms with E-state index in [1.165, 1.54) is 4.90 Å². The number of hydrogen-bond donors (Lipinski definition) is 0. The number of nitro groups is 1. The molecule has 116 valence electrons. The van der Waals surface area contributed by atoms with Gasteiger partial charge in [-0.3, -0.25) is 14.9 Å². The third kappa shape index (κ3) is 4.14. The van der Waals surface area contributed by atoms with Gasteiger partial charge in [-0.25, -0.2) is 4.39 Å². The van der Waals surface area contributed by atoms with Gasteiger partial charge in [-0.1, -0.05) is 13.8 Å². The highest BCUT2D eigenvalue weighted by Gasteiger charge is 2.25. The van der Waals surface area contributed by atoms with E-state index in [4.69, 9.17) is 11.6 Å². The minimum atomic E-state index is -0.889. The number of halogens is 2. The molecule has 0 unspecified atom stereocenters. The molecule has 21 heavy (non-hydrogen) atoms. The van der Waals surface area contributed by atoms with Crippen LogP contribution < -0.4 is 0 Å². The first-order chi connectivity index (χ1) is 9.96. The summed E-state index contributed by atoms with van der Waals surface area (Å²) in [4.78, 5) is 23.9. The highest BCUT2D eigenvalue weighted by atomic mass is 35.5. The molecule has 0 aliphatic rings. The van der Waals surface area contributed by atoms with Crippen LogP contribution in [0.15, 0.2) is 18.2 Å². The molecule has 0 radical (unpaired) electrons. The van der Waals surface area contributed by atoms with Gasteiger partial charge in [-0.15, -0.1) is 11.6 Å². The van der Waals surface area contributed by atoms with E-state index >= 15 is 0 Å². The molecule has 0 bridgehead atoms. The summed E-state index contributed by atoms with van der Waals surface area (Å²) in [6.45, 7) is 4.19. The van der Waals surface area contributed by atoms with E-state index in [0.717, 1.165) is 31.0 Å². The molecule has 0 aliphatic carbocycles. The number of rotatable bonds is 7. The van der Waals surface area contributed by atoms with Gasteiger partial charge in [0, 0.05) is 24.5 Å². The van der Waals surface area contributed by atoms with Crippen molar-refractivity contribution in [2.45, 2.75) is 32.7 Å². The third-order valence-electron chi connectivity index (χ3n) is 3.36. The van der Waals surface area contributed by atoms with Crippen molar-refractivity contribution in [2.75, 3.05) is 12.4 Å². The molecule has 7 heteroatoms. The first-order valence-corrected chi connectivity index (χ1v) is 7.30. The fourth-order valence-electron chi connectivity index (χ4n) is 2.22. The minimum absolute atomic E-state index is 0.0363. The van der Waals surface area contributed by atoms with E-state index in [2.05, 4.69) is 0 Å². The zero-order valence-electron chi connectivity index (χ0n) is 12.0. The lowest BCUT2D eigenvalue weighted by molar-refractivity contribution is -0.385. The summed E-state index contributed by atoms with van der Waals surface area (Å²) in [6.07, 6.45) is 1.46. The monoisotopic (exact) mass is 316 g/mol. The van der Waals surface area contributed by atoms with Crippen LogP contribution in [0.4, 0.5) is 10.1 Å². The fraction of sp³-hybridized carbons (Fsp3) is 0.500. The average molecular weight is 317 g/mol. The zero-order valence-corrected chi connectivity index (χ0v) is 12.8. The number of nitrogens with zero attached hydrogens (tertiary/aromatic N) is 2. The Hall–Kier alpha value is -1.69. The summed E-state index contributed by atoms with van der Waals surface area (Å²) >= 11 is 5.72. The summed E-state index contributed by atoms with van der Waals surface area (Å²) in [7, 11) is 0. The lowest BCUT2D eigenvalue weighted by Gasteiger charge is -2.30. The van der Waals surface area contributed by atoms with Crippen molar-refractivity contribution >= 4 is 23.2 Å². The number of carbonyl (C=O) groups is 1. The number of carbonyl (C=O) groups excluding carboxylic acids is 1. The van der Waals surface area contributed by atoms with Crippen molar-refractivity contribution in [2.24, 2.45) is 0 Å². The van der Waals surface area contributed by atoms with E-state index < -0.39 is 16.6 Å². The highest BCUT2D eigenvalue weighted by Crippen LogP contribution is 2.20. The number of amides is 1. The molecular formula is C14H18ClFN2O3. The lowest BCUT2D eigenvalue weighted by Crippen LogP contribution is -2.41. The van der Waals surface area contributed by atoms with Gasteiger partial charge in [0.15, 0.2) is 0 Å². The molecule has 1 aromatic rings. The quantitative estimate of drug-likeness (QED) is 0.438. The summed E-state index contributed by atoms with van der Waals surface area (Å²) in [5.74, 6) is -1.13. The molecule has 0 saturated heterocycles. The second-order valence-corrected chi connectivity index (χ2v) is 4.96. The lowest BCUT2D eigenvalue weighted by atomic mass is 10.1. The van der Waals surface area contributed by atoms with E-state index in [1.807, 2.05) is 13.8 Å². The van der Waals surface area contributed by atoms with Gasteiger partial charge in [0.25, 0.3) is 11.6 Å². The Kier molecular flexibility index (Phi) is 6.55. The summed E-state index contributed by atoms with van der Waals surface area (Å²) in [6, 6.07) is 3.01. The number of alkyl halides is 1. The number of benzene rings is 1. The van der Waals surface area contributed by atoms with Gasteiger partial charge >= 0.3 is 0 Å². The van der Waals surface area contributed by atoms with E-state index in [1.54, 1.807) is 0 Å². The maximum Gasteiger partial charge on any atom is 0.272 e. The van der Waals surface area contributed by atoms with Crippen LogP contribution in [-0.2, 0) is 0 Å². The Morgan fingerprint density at radius 3 is 2.48 bits per heavy atom. The molecule has 0 saturated carbocycles. The third-order valence-corrected chi connectivity index (χ3v) is 3.53. The number of hydrogen-bond acceptors (Lipinski definition) is 3. The van der Waals surface area contributed by atoms with Crippen LogP contribution in [-0.4, -0.2) is 34.2 Å². The van der Waals surface area contributed by atoms with E-state index in [9.17, 15) is 19.3 Å². The van der Waals surface area contributed by atoms with Crippen LogP contribution in [0.3, 0.4) is 0 Å². The molecule has 0 spiro atoms. The molecule has 5 nitrogen and oxygen atoms in total. The molecule has 0 heterocycles. The molecule has 1 rings (SSSR count). The van der Waals surface area contributed by atoms with Crippen molar-refractivity contribution in [3.05, 3.63) is 39.7 Å². The summed E-state index contributed by atoms with van der Waals surface area (Å²) in [5, 5.41) is 10.6. The second kappa shape index (κ2) is 7.93. The molecule has 1 aromatic carbocycles. The first kappa shape index (κ1) is 17.4. The van der Waals surface area contributed by atoms with Crippen LogP contribution in [0.2, 0.25) is 0 Å².